The normalized spacial score (nSPS) is 45.5. The summed E-state index contributed by atoms with van der Waals surface area (Å²) in [5.41, 5.74) is -0.691. The van der Waals surface area contributed by atoms with Gasteiger partial charge >= 0.3 is 11.9 Å². The number of ether oxygens (including phenoxy) is 2. The third kappa shape index (κ3) is 2.04. The van der Waals surface area contributed by atoms with Gasteiger partial charge in [-0.1, -0.05) is 13.8 Å². The average Bonchev–Trinajstić information content (AvgIpc) is 2.95. The minimum Gasteiger partial charge on any atom is -0.457 e. The summed E-state index contributed by atoms with van der Waals surface area (Å²) in [6.45, 7) is 8.16. The monoisotopic (exact) mass is 280 g/mol. The lowest BCUT2D eigenvalue weighted by molar-refractivity contribution is -0.166. The maximum atomic E-state index is 12.4. The van der Waals surface area contributed by atoms with Gasteiger partial charge in [0.1, 0.15) is 5.60 Å². The lowest BCUT2D eigenvalue weighted by atomic mass is 9.76. The molecule has 2 bridgehead atoms. The van der Waals surface area contributed by atoms with E-state index in [4.69, 9.17) is 9.47 Å². The van der Waals surface area contributed by atoms with Crippen LogP contribution < -0.4 is 0 Å². The molecule has 3 fully saturated rings. The molecule has 1 aliphatic heterocycles. The van der Waals surface area contributed by atoms with E-state index in [1.54, 1.807) is 13.8 Å². The fraction of sp³-hybridized carbons (Fsp3) is 0.875. The predicted molar refractivity (Wildman–Crippen MR) is 72.7 cm³/mol. The van der Waals surface area contributed by atoms with Crippen LogP contribution in [0.3, 0.4) is 0 Å². The van der Waals surface area contributed by atoms with E-state index < -0.39 is 11.7 Å². The molecule has 4 heteroatoms. The number of carbonyl (C=O) groups is 2. The second-order valence-corrected chi connectivity index (χ2v) is 7.43. The van der Waals surface area contributed by atoms with Crippen molar-refractivity contribution in [2.75, 3.05) is 0 Å². The minimum atomic E-state index is -0.691. The molecule has 0 aromatic rings. The zero-order chi connectivity index (χ0) is 14.7. The Kier molecular flexibility index (Phi) is 3.11. The molecule has 6 unspecified atom stereocenters. The van der Waals surface area contributed by atoms with Crippen molar-refractivity contribution in [3.8, 4) is 0 Å². The van der Waals surface area contributed by atoms with Crippen molar-refractivity contribution in [1.82, 2.24) is 0 Å². The first-order valence-corrected chi connectivity index (χ1v) is 7.72. The van der Waals surface area contributed by atoms with Crippen LogP contribution in [-0.4, -0.2) is 23.6 Å². The molecular weight excluding hydrogens is 256 g/mol. The molecule has 0 aromatic carbocycles. The van der Waals surface area contributed by atoms with E-state index >= 15 is 0 Å². The Hall–Kier alpha value is -1.06. The van der Waals surface area contributed by atoms with E-state index in [0.717, 1.165) is 18.8 Å². The van der Waals surface area contributed by atoms with E-state index in [-0.39, 0.29) is 24.3 Å². The van der Waals surface area contributed by atoms with Crippen LogP contribution in [0.25, 0.3) is 0 Å². The standard InChI is InChI=1S/C16H24O4/c1-8-9(2)11-5-10(8)6-12(11)15(18)19-13-7-14(17)20-16(13,3)4/h8-13H,5-7H2,1-4H3. The van der Waals surface area contributed by atoms with Crippen LogP contribution in [-0.2, 0) is 19.1 Å². The molecule has 112 valence electrons. The third-order valence-electron chi connectivity index (χ3n) is 5.96. The first-order valence-electron chi connectivity index (χ1n) is 7.72. The van der Waals surface area contributed by atoms with Crippen molar-refractivity contribution in [2.45, 2.75) is 58.7 Å². The molecule has 0 N–H and O–H groups in total. The van der Waals surface area contributed by atoms with Crippen LogP contribution in [0.5, 0.6) is 0 Å². The van der Waals surface area contributed by atoms with Crippen molar-refractivity contribution in [3.63, 3.8) is 0 Å². The van der Waals surface area contributed by atoms with Crippen LogP contribution in [0, 0.1) is 29.6 Å². The smallest absolute Gasteiger partial charge is 0.310 e. The topological polar surface area (TPSA) is 52.6 Å². The van der Waals surface area contributed by atoms with Crippen molar-refractivity contribution in [3.05, 3.63) is 0 Å². The number of esters is 2. The van der Waals surface area contributed by atoms with Crippen LogP contribution in [0.2, 0.25) is 0 Å². The molecule has 3 aliphatic rings. The van der Waals surface area contributed by atoms with Crippen LogP contribution >= 0.6 is 0 Å². The highest BCUT2D eigenvalue weighted by molar-refractivity contribution is 5.77. The van der Waals surface area contributed by atoms with E-state index in [1.165, 1.54) is 0 Å². The average molecular weight is 280 g/mol. The highest BCUT2D eigenvalue weighted by Gasteiger charge is 2.53. The van der Waals surface area contributed by atoms with Gasteiger partial charge < -0.3 is 9.47 Å². The summed E-state index contributed by atoms with van der Waals surface area (Å²) in [6.07, 6.45) is 1.86. The van der Waals surface area contributed by atoms with Crippen molar-refractivity contribution < 1.29 is 19.1 Å². The van der Waals surface area contributed by atoms with Crippen molar-refractivity contribution >= 4 is 11.9 Å². The molecule has 6 atom stereocenters. The summed E-state index contributed by atoms with van der Waals surface area (Å²) < 4.78 is 10.8. The van der Waals surface area contributed by atoms with E-state index in [2.05, 4.69) is 13.8 Å². The summed E-state index contributed by atoms with van der Waals surface area (Å²) in [5, 5.41) is 0. The van der Waals surface area contributed by atoms with Gasteiger partial charge in [-0.25, -0.2) is 0 Å². The Labute approximate surface area is 120 Å². The molecule has 0 amide bonds. The van der Waals surface area contributed by atoms with Crippen LogP contribution in [0.4, 0.5) is 0 Å². The molecule has 20 heavy (non-hydrogen) atoms. The molecule has 2 aliphatic carbocycles. The summed E-state index contributed by atoms with van der Waals surface area (Å²) in [5.74, 6) is 2.08. The van der Waals surface area contributed by atoms with Gasteiger partial charge in [0.25, 0.3) is 0 Å². The van der Waals surface area contributed by atoms with Crippen LogP contribution in [0.1, 0.15) is 47.0 Å². The van der Waals surface area contributed by atoms with Gasteiger partial charge in [0.05, 0.1) is 12.3 Å². The SMILES string of the molecule is CC1C2CC(C(=O)OC3CC(=O)OC3(C)C)C(C2)C1C. The van der Waals surface area contributed by atoms with Gasteiger partial charge in [0, 0.05) is 0 Å². The molecular formula is C16H24O4. The number of rotatable bonds is 2. The van der Waals surface area contributed by atoms with E-state index in [1.807, 2.05) is 0 Å². The summed E-state index contributed by atoms with van der Waals surface area (Å²) in [4.78, 5) is 23.8. The lowest BCUT2D eigenvalue weighted by Gasteiger charge is -2.32. The highest BCUT2D eigenvalue weighted by Crippen LogP contribution is 2.55. The minimum absolute atomic E-state index is 0.0257. The zero-order valence-corrected chi connectivity index (χ0v) is 12.7. The van der Waals surface area contributed by atoms with Gasteiger partial charge in [0.2, 0.25) is 0 Å². The fourth-order valence-corrected chi connectivity index (χ4v) is 4.42. The first-order chi connectivity index (χ1) is 9.29. The van der Waals surface area contributed by atoms with Gasteiger partial charge in [0.15, 0.2) is 6.10 Å². The van der Waals surface area contributed by atoms with Crippen LogP contribution in [0.15, 0.2) is 0 Å². The number of cyclic esters (lactones) is 1. The largest absolute Gasteiger partial charge is 0.457 e. The maximum Gasteiger partial charge on any atom is 0.310 e. The van der Waals surface area contributed by atoms with E-state index in [9.17, 15) is 9.59 Å². The van der Waals surface area contributed by atoms with Gasteiger partial charge in [-0.2, -0.15) is 0 Å². The van der Waals surface area contributed by atoms with Gasteiger partial charge in [-0.3, -0.25) is 9.59 Å². The second kappa shape index (κ2) is 4.47. The number of hydrogen-bond donors (Lipinski definition) is 0. The summed E-state index contributed by atoms with van der Waals surface area (Å²) in [7, 11) is 0. The lowest BCUT2D eigenvalue weighted by Crippen LogP contribution is -2.39. The predicted octanol–water partition coefficient (Wildman–Crippen LogP) is 2.55. The fourth-order valence-electron chi connectivity index (χ4n) is 4.42. The summed E-state index contributed by atoms with van der Waals surface area (Å²) >= 11 is 0. The zero-order valence-electron chi connectivity index (χ0n) is 12.7. The molecule has 3 rings (SSSR count). The van der Waals surface area contributed by atoms with Gasteiger partial charge in [-0.15, -0.1) is 0 Å². The quantitative estimate of drug-likeness (QED) is 0.729. The Morgan fingerprint density at radius 3 is 2.45 bits per heavy atom. The van der Waals surface area contributed by atoms with Crippen molar-refractivity contribution in [2.24, 2.45) is 29.6 Å². The third-order valence-corrected chi connectivity index (χ3v) is 5.96. The van der Waals surface area contributed by atoms with Crippen molar-refractivity contribution in [1.29, 1.82) is 0 Å². The number of carbonyl (C=O) groups excluding carboxylic acids is 2. The Morgan fingerprint density at radius 2 is 1.95 bits per heavy atom. The number of hydrogen-bond acceptors (Lipinski definition) is 4. The maximum absolute atomic E-state index is 12.4. The van der Waals surface area contributed by atoms with E-state index in [0.29, 0.717) is 17.8 Å². The number of fused-ring (bicyclic) bond motifs is 2. The Morgan fingerprint density at radius 1 is 1.25 bits per heavy atom. The molecule has 4 nitrogen and oxygen atoms in total. The Balaban J connectivity index is 1.65. The molecule has 0 spiro atoms. The molecule has 2 saturated carbocycles. The summed E-state index contributed by atoms with van der Waals surface area (Å²) in [6, 6.07) is 0. The molecule has 0 radical (unpaired) electrons. The first kappa shape index (κ1) is 13.9. The molecule has 0 aromatic heterocycles. The second-order valence-electron chi connectivity index (χ2n) is 7.43. The highest BCUT2D eigenvalue weighted by atomic mass is 16.6. The molecule has 1 saturated heterocycles. The van der Waals surface area contributed by atoms with Gasteiger partial charge in [-0.05, 0) is 50.4 Å². The Bertz CT molecular complexity index is 440. The molecule has 1 heterocycles.